The molecule has 1 unspecified atom stereocenters. The SMILES string of the molecule is CCC1Cc2cc(OC)c(OC)cc2C(c2ccc(-c3c(C)nn(CC)c3C)cc2)=NN1C.CNC=O. The quantitative estimate of drug-likeness (QED) is 0.475. The second-order valence-corrected chi connectivity index (χ2v) is 9.00. The fraction of sp³-hybridized carbons (Fsp3) is 0.414. The minimum absolute atomic E-state index is 0.323. The predicted octanol–water partition coefficient (Wildman–Crippen LogP) is 4.59. The van der Waals surface area contributed by atoms with Gasteiger partial charge in [-0.1, -0.05) is 31.2 Å². The summed E-state index contributed by atoms with van der Waals surface area (Å²) in [6.45, 7) is 9.41. The zero-order valence-corrected chi connectivity index (χ0v) is 23.3. The van der Waals surface area contributed by atoms with Crippen LogP contribution in [0, 0.1) is 13.8 Å². The Kier molecular flexibility index (Phi) is 9.33. The topological polar surface area (TPSA) is 81.0 Å². The molecule has 1 atom stereocenters. The summed E-state index contributed by atoms with van der Waals surface area (Å²) in [4.78, 5) is 9.06. The summed E-state index contributed by atoms with van der Waals surface area (Å²) in [7, 11) is 6.99. The number of carbonyl (C=O) groups is 1. The summed E-state index contributed by atoms with van der Waals surface area (Å²) < 4.78 is 13.3. The third-order valence-corrected chi connectivity index (χ3v) is 6.82. The maximum atomic E-state index is 9.06. The van der Waals surface area contributed by atoms with Crippen LogP contribution in [-0.4, -0.2) is 61.3 Å². The molecule has 0 radical (unpaired) electrons. The molecule has 0 fully saturated rings. The lowest BCUT2D eigenvalue weighted by Gasteiger charge is -2.23. The molecule has 1 N–H and O–H groups in total. The highest BCUT2D eigenvalue weighted by atomic mass is 16.5. The monoisotopic (exact) mass is 505 g/mol. The van der Waals surface area contributed by atoms with Crippen molar-refractivity contribution in [1.82, 2.24) is 20.1 Å². The van der Waals surface area contributed by atoms with Crippen LogP contribution in [0.5, 0.6) is 11.5 Å². The van der Waals surface area contributed by atoms with E-state index in [0.29, 0.717) is 12.5 Å². The summed E-state index contributed by atoms with van der Waals surface area (Å²) in [5.41, 5.74) is 8.99. The van der Waals surface area contributed by atoms with Crippen molar-refractivity contribution in [2.24, 2.45) is 5.10 Å². The number of aryl methyl sites for hydroxylation is 2. The number of nitrogens with one attached hydrogen (secondary N) is 1. The Bertz CT molecular complexity index is 1250. The van der Waals surface area contributed by atoms with Crippen molar-refractivity contribution in [3.05, 3.63) is 64.5 Å². The van der Waals surface area contributed by atoms with Crippen molar-refractivity contribution < 1.29 is 14.3 Å². The third kappa shape index (κ3) is 5.79. The Hall–Kier alpha value is -3.81. The molecule has 0 aliphatic carbocycles. The number of nitrogens with zero attached hydrogens (tertiary/aromatic N) is 4. The number of amides is 1. The van der Waals surface area contributed by atoms with Crippen LogP contribution < -0.4 is 14.8 Å². The number of hydrazone groups is 1. The number of ether oxygens (including phenoxy) is 2. The number of hydrogen-bond acceptors (Lipinski definition) is 6. The van der Waals surface area contributed by atoms with Gasteiger partial charge in [-0.2, -0.15) is 10.2 Å². The first-order valence-corrected chi connectivity index (χ1v) is 12.7. The van der Waals surface area contributed by atoms with E-state index < -0.39 is 0 Å². The van der Waals surface area contributed by atoms with E-state index in [1.165, 1.54) is 22.4 Å². The van der Waals surface area contributed by atoms with Gasteiger partial charge in [-0.05, 0) is 56.9 Å². The zero-order valence-electron chi connectivity index (χ0n) is 23.3. The number of methoxy groups -OCH3 is 2. The van der Waals surface area contributed by atoms with Crippen LogP contribution in [-0.2, 0) is 17.8 Å². The normalized spacial score (nSPS) is 14.5. The van der Waals surface area contributed by atoms with Crippen LogP contribution in [0.2, 0.25) is 0 Å². The zero-order chi connectivity index (χ0) is 27.1. The first-order chi connectivity index (χ1) is 17.8. The van der Waals surface area contributed by atoms with Crippen LogP contribution >= 0.6 is 0 Å². The highest BCUT2D eigenvalue weighted by Crippen LogP contribution is 2.35. The molecule has 0 spiro atoms. The van der Waals surface area contributed by atoms with Crippen molar-refractivity contribution >= 4 is 12.1 Å². The Balaban J connectivity index is 0.000000886. The first-order valence-electron chi connectivity index (χ1n) is 12.7. The summed E-state index contributed by atoms with van der Waals surface area (Å²) in [5, 5.41) is 14.1. The summed E-state index contributed by atoms with van der Waals surface area (Å²) in [6.07, 6.45) is 2.54. The van der Waals surface area contributed by atoms with E-state index in [1.807, 2.05) is 0 Å². The molecule has 1 aliphatic heterocycles. The lowest BCUT2D eigenvalue weighted by atomic mass is 9.92. The van der Waals surface area contributed by atoms with Gasteiger partial charge in [0.2, 0.25) is 6.41 Å². The fourth-order valence-corrected chi connectivity index (χ4v) is 4.83. The van der Waals surface area contributed by atoms with Gasteiger partial charge in [-0.3, -0.25) is 14.5 Å². The summed E-state index contributed by atoms with van der Waals surface area (Å²) in [6, 6.07) is 13.2. The maximum absolute atomic E-state index is 9.06. The molecule has 0 bridgehead atoms. The Morgan fingerprint density at radius 2 is 1.65 bits per heavy atom. The van der Waals surface area contributed by atoms with Gasteiger partial charge >= 0.3 is 0 Å². The number of fused-ring (bicyclic) bond motifs is 1. The number of aromatic nitrogens is 2. The second kappa shape index (κ2) is 12.4. The largest absolute Gasteiger partial charge is 0.493 e. The Labute approximate surface area is 220 Å². The molecule has 8 heteroatoms. The van der Waals surface area contributed by atoms with Gasteiger partial charge in [0.1, 0.15) is 0 Å². The molecular weight excluding hydrogens is 466 g/mol. The summed E-state index contributed by atoms with van der Waals surface area (Å²) >= 11 is 0. The van der Waals surface area contributed by atoms with Crippen LogP contribution in [0.4, 0.5) is 0 Å². The Morgan fingerprint density at radius 3 is 2.16 bits per heavy atom. The van der Waals surface area contributed by atoms with E-state index in [1.54, 1.807) is 21.3 Å². The van der Waals surface area contributed by atoms with Gasteiger partial charge in [0, 0.05) is 43.0 Å². The van der Waals surface area contributed by atoms with E-state index in [-0.39, 0.29) is 0 Å². The van der Waals surface area contributed by atoms with Gasteiger partial charge in [0.05, 0.1) is 31.7 Å². The summed E-state index contributed by atoms with van der Waals surface area (Å²) in [5.74, 6) is 1.47. The molecule has 37 heavy (non-hydrogen) atoms. The van der Waals surface area contributed by atoms with Crippen LogP contribution in [0.3, 0.4) is 0 Å². The molecule has 198 valence electrons. The van der Waals surface area contributed by atoms with E-state index >= 15 is 0 Å². The average Bonchev–Trinajstić information content (AvgIpc) is 3.14. The molecule has 8 nitrogen and oxygen atoms in total. The van der Waals surface area contributed by atoms with Crippen molar-refractivity contribution in [1.29, 1.82) is 0 Å². The van der Waals surface area contributed by atoms with Gasteiger partial charge in [0.15, 0.2) is 11.5 Å². The minimum Gasteiger partial charge on any atom is -0.493 e. The van der Waals surface area contributed by atoms with Crippen LogP contribution in [0.15, 0.2) is 41.5 Å². The standard InChI is InChI=1S/C27H34N4O2.C2H5NO/c1-8-22-14-21-15-24(32-6)25(33-7)16-23(21)27(29-30(22)5)20-12-10-19(11-13-20)26-17(3)28-31(9-2)18(26)4;1-3-2-4/h10-13,15-16,22H,8-9,14H2,1-7H3;2H,1H3,(H,3,4). The fourth-order valence-electron chi connectivity index (χ4n) is 4.83. The second-order valence-electron chi connectivity index (χ2n) is 9.00. The van der Waals surface area contributed by atoms with Crippen molar-refractivity contribution in [3.8, 4) is 22.6 Å². The van der Waals surface area contributed by atoms with Crippen molar-refractivity contribution in [3.63, 3.8) is 0 Å². The number of benzene rings is 2. The lowest BCUT2D eigenvalue weighted by molar-refractivity contribution is -0.109. The first kappa shape index (κ1) is 27.8. The van der Waals surface area contributed by atoms with Crippen molar-refractivity contribution in [2.75, 3.05) is 28.3 Å². The number of likely N-dealkylation sites (N-methyl/N-ethyl adjacent to an activating group) is 1. The molecule has 3 aromatic rings. The van der Waals surface area contributed by atoms with Gasteiger partial charge < -0.3 is 14.8 Å². The van der Waals surface area contributed by atoms with Gasteiger partial charge in [-0.15, -0.1) is 0 Å². The van der Waals surface area contributed by atoms with Gasteiger partial charge in [-0.25, -0.2) is 0 Å². The molecule has 2 heterocycles. The minimum atomic E-state index is 0.323. The third-order valence-electron chi connectivity index (χ3n) is 6.82. The number of hydrogen-bond donors (Lipinski definition) is 1. The highest BCUT2D eigenvalue weighted by molar-refractivity contribution is 6.14. The smallest absolute Gasteiger partial charge is 0.206 e. The van der Waals surface area contributed by atoms with E-state index in [2.05, 4.69) is 91.2 Å². The molecule has 1 aromatic heterocycles. The van der Waals surface area contributed by atoms with Gasteiger partial charge in [0.25, 0.3) is 0 Å². The molecule has 0 saturated carbocycles. The molecule has 1 amide bonds. The molecule has 4 rings (SSSR count). The molecule has 0 saturated heterocycles. The lowest BCUT2D eigenvalue weighted by Crippen LogP contribution is -2.27. The van der Waals surface area contributed by atoms with E-state index in [4.69, 9.17) is 19.4 Å². The van der Waals surface area contributed by atoms with E-state index in [0.717, 1.165) is 53.4 Å². The predicted molar refractivity (Wildman–Crippen MR) is 149 cm³/mol. The van der Waals surface area contributed by atoms with Crippen LogP contribution in [0.25, 0.3) is 11.1 Å². The Morgan fingerprint density at radius 1 is 1.05 bits per heavy atom. The van der Waals surface area contributed by atoms with Crippen molar-refractivity contribution in [2.45, 2.75) is 53.1 Å². The maximum Gasteiger partial charge on any atom is 0.206 e. The average molecular weight is 506 g/mol. The molecular formula is C29H39N5O3. The highest BCUT2D eigenvalue weighted by Gasteiger charge is 2.25. The van der Waals surface area contributed by atoms with E-state index in [9.17, 15) is 0 Å². The molecule has 1 aliphatic rings. The molecule has 2 aromatic carbocycles. The number of rotatable bonds is 7. The van der Waals surface area contributed by atoms with Crippen LogP contribution in [0.1, 0.15) is 48.3 Å². The number of carbonyl (C=O) groups excluding carboxylic acids is 1.